The summed E-state index contributed by atoms with van der Waals surface area (Å²) >= 11 is 0. The molecule has 1 unspecified atom stereocenters. The van der Waals surface area contributed by atoms with E-state index in [2.05, 4.69) is 44.7 Å². The molecule has 2 aliphatic heterocycles. The van der Waals surface area contributed by atoms with Crippen LogP contribution in [-0.2, 0) is 25.5 Å². The van der Waals surface area contributed by atoms with Crippen molar-refractivity contribution in [2.75, 3.05) is 19.7 Å². The number of aryl methyl sites for hydroxylation is 1. The van der Waals surface area contributed by atoms with Gasteiger partial charge in [0.15, 0.2) is 5.78 Å². The van der Waals surface area contributed by atoms with E-state index >= 15 is 0 Å². The van der Waals surface area contributed by atoms with Gasteiger partial charge in [-0.15, -0.1) is 0 Å². The monoisotopic (exact) mass is 599 g/mol. The van der Waals surface area contributed by atoms with Crippen molar-refractivity contribution in [2.45, 2.75) is 116 Å². The molecule has 1 aromatic carbocycles. The predicted octanol–water partition coefficient (Wildman–Crippen LogP) is 7.49. The van der Waals surface area contributed by atoms with E-state index in [0.29, 0.717) is 48.5 Å². The normalized spacial score (nSPS) is 40.1. The summed E-state index contributed by atoms with van der Waals surface area (Å²) < 4.78 is 13.0. The first kappa shape index (κ1) is 30.4. The first-order valence-corrected chi connectivity index (χ1v) is 17.7. The standard InChI is InChI=1S/C39H53NO4/c1-25-20-35-37(40(24-25)18-19-43-36(42)13-10-28-8-6-5-7-9-28)27(3)39(44-35)17-15-31-32-12-11-29-21-30(41)14-16-38(29,4)34(32)22-33(31)26(2)23-39/h5-9,21,25,27,31-32,34-35,37H,10-20,22-24H2,1-4H3/t25?,27-,31+,32+,34+,35-,37+,38+,39+/m1/s1. The molecule has 238 valence electrons. The maximum absolute atomic E-state index is 12.6. The SMILES string of the molecule is CC1=C2C[C@H]3[C@@H](CCC4=CC(=O)CC[C@@]43C)[C@@H]2CC[C@@]2(C1)O[C@@H]1CC(C)CN(CCOC(=O)CCc3ccccc3)[C@H]1[C@H]2C. The Morgan fingerprint density at radius 2 is 1.93 bits per heavy atom. The first-order chi connectivity index (χ1) is 21.2. The van der Waals surface area contributed by atoms with Crippen LogP contribution in [0.25, 0.3) is 0 Å². The van der Waals surface area contributed by atoms with E-state index < -0.39 is 0 Å². The minimum absolute atomic E-state index is 0.0954. The van der Waals surface area contributed by atoms with Gasteiger partial charge >= 0.3 is 5.97 Å². The lowest BCUT2D eigenvalue weighted by molar-refractivity contribution is -0.144. The number of ketones is 1. The van der Waals surface area contributed by atoms with Gasteiger partial charge in [0, 0.05) is 37.9 Å². The number of esters is 1. The van der Waals surface area contributed by atoms with Crippen molar-refractivity contribution in [1.29, 1.82) is 0 Å². The van der Waals surface area contributed by atoms with Gasteiger partial charge in [-0.3, -0.25) is 14.5 Å². The molecular formula is C39H53NO4. The summed E-state index contributed by atoms with van der Waals surface area (Å²) in [4.78, 5) is 27.4. The number of piperidine rings is 1. The molecule has 2 saturated carbocycles. The lowest BCUT2D eigenvalue weighted by atomic mass is 9.56. The van der Waals surface area contributed by atoms with E-state index in [1.165, 1.54) is 30.4 Å². The molecule has 2 heterocycles. The minimum Gasteiger partial charge on any atom is -0.464 e. The number of ether oxygens (including phenoxy) is 2. The summed E-state index contributed by atoms with van der Waals surface area (Å²) in [6.07, 6.45) is 13.3. The Hall–Kier alpha value is -2.24. The number of benzene rings is 1. The van der Waals surface area contributed by atoms with Crippen LogP contribution < -0.4 is 0 Å². The summed E-state index contributed by atoms with van der Waals surface area (Å²) in [6, 6.07) is 10.6. The summed E-state index contributed by atoms with van der Waals surface area (Å²) in [5.74, 6) is 3.39. The van der Waals surface area contributed by atoms with Crippen LogP contribution in [0.3, 0.4) is 0 Å². The highest BCUT2D eigenvalue weighted by molar-refractivity contribution is 5.91. The third kappa shape index (κ3) is 5.34. The molecule has 2 saturated heterocycles. The quantitative estimate of drug-likeness (QED) is 0.251. The van der Waals surface area contributed by atoms with Gasteiger partial charge in [0.05, 0.1) is 11.7 Å². The van der Waals surface area contributed by atoms with Crippen molar-refractivity contribution in [3.8, 4) is 0 Å². The molecule has 0 bridgehead atoms. The fraction of sp³-hybridized carbons (Fsp3) is 0.692. The Bertz CT molecular complexity index is 1330. The fourth-order valence-corrected chi connectivity index (χ4v) is 11.0. The predicted molar refractivity (Wildman–Crippen MR) is 173 cm³/mol. The molecule has 5 nitrogen and oxygen atoms in total. The zero-order valence-electron chi connectivity index (χ0n) is 27.5. The number of hydrogen-bond acceptors (Lipinski definition) is 5. The first-order valence-electron chi connectivity index (χ1n) is 17.7. The van der Waals surface area contributed by atoms with E-state index in [4.69, 9.17) is 9.47 Å². The number of carbonyl (C=O) groups is 2. The molecule has 1 spiro atoms. The van der Waals surface area contributed by atoms with Crippen LogP contribution in [0.15, 0.2) is 53.1 Å². The van der Waals surface area contributed by atoms with Crippen molar-refractivity contribution >= 4 is 11.8 Å². The molecule has 0 aromatic heterocycles. The van der Waals surface area contributed by atoms with Gasteiger partial charge in [0.25, 0.3) is 0 Å². The lowest BCUT2D eigenvalue weighted by Crippen LogP contribution is -2.52. The smallest absolute Gasteiger partial charge is 0.306 e. The highest BCUT2D eigenvalue weighted by atomic mass is 16.5. The van der Waals surface area contributed by atoms with Gasteiger partial charge in [-0.05, 0) is 105 Å². The molecule has 0 radical (unpaired) electrons. The van der Waals surface area contributed by atoms with Crippen molar-refractivity contribution in [3.05, 3.63) is 58.7 Å². The number of allylic oxidation sites excluding steroid dienone is 3. The van der Waals surface area contributed by atoms with Crippen LogP contribution in [0, 0.1) is 35.0 Å². The van der Waals surface area contributed by atoms with Gasteiger partial charge in [-0.2, -0.15) is 0 Å². The zero-order valence-corrected chi connectivity index (χ0v) is 27.5. The zero-order chi connectivity index (χ0) is 30.6. The molecule has 4 aliphatic carbocycles. The molecule has 6 aliphatic rings. The van der Waals surface area contributed by atoms with Crippen LogP contribution in [0.4, 0.5) is 0 Å². The number of likely N-dealkylation sites (tertiary alicyclic amines) is 1. The molecule has 44 heavy (non-hydrogen) atoms. The average Bonchev–Trinajstić information content (AvgIpc) is 3.47. The number of nitrogens with zero attached hydrogens (tertiary/aromatic N) is 1. The van der Waals surface area contributed by atoms with Crippen LogP contribution in [-0.4, -0.2) is 54.1 Å². The van der Waals surface area contributed by atoms with Gasteiger partial charge in [-0.1, -0.05) is 67.8 Å². The van der Waals surface area contributed by atoms with Gasteiger partial charge in [-0.25, -0.2) is 0 Å². The summed E-state index contributed by atoms with van der Waals surface area (Å²) in [5.41, 5.74) is 6.09. The molecule has 4 fully saturated rings. The Kier molecular flexibility index (Phi) is 8.19. The van der Waals surface area contributed by atoms with Crippen LogP contribution in [0.2, 0.25) is 0 Å². The topological polar surface area (TPSA) is 55.8 Å². The van der Waals surface area contributed by atoms with Gasteiger partial charge in [0.2, 0.25) is 0 Å². The number of rotatable bonds is 6. The summed E-state index contributed by atoms with van der Waals surface area (Å²) in [5, 5.41) is 0. The third-order valence-corrected chi connectivity index (χ3v) is 13.3. The Labute approximate surface area is 264 Å². The second-order valence-electron chi connectivity index (χ2n) is 15.7. The highest BCUT2D eigenvalue weighted by Gasteiger charge is 2.59. The van der Waals surface area contributed by atoms with E-state index in [1.54, 1.807) is 11.1 Å². The van der Waals surface area contributed by atoms with Crippen molar-refractivity contribution < 1.29 is 19.1 Å². The largest absolute Gasteiger partial charge is 0.464 e. The maximum atomic E-state index is 12.6. The molecular weight excluding hydrogens is 546 g/mol. The van der Waals surface area contributed by atoms with Crippen LogP contribution >= 0.6 is 0 Å². The van der Waals surface area contributed by atoms with Crippen LogP contribution in [0.5, 0.6) is 0 Å². The minimum atomic E-state index is -0.0995. The van der Waals surface area contributed by atoms with Gasteiger partial charge < -0.3 is 9.47 Å². The number of carbonyl (C=O) groups excluding carboxylic acids is 2. The molecule has 9 atom stereocenters. The van der Waals surface area contributed by atoms with Crippen molar-refractivity contribution in [2.24, 2.45) is 35.0 Å². The molecule has 5 heteroatoms. The average molecular weight is 600 g/mol. The third-order valence-electron chi connectivity index (χ3n) is 13.3. The van der Waals surface area contributed by atoms with Gasteiger partial charge in [0.1, 0.15) is 6.61 Å². The second kappa shape index (κ2) is 11.8. The molecule has 0 N–H and O–H groups in total. The molecule has 7 rings (SSSR count). The Balaban J connectivity index is 1.02. The maximum Gasteiger partial charge on any atom is 0.306 e. The van der Waals surface area contributed by atoms with Crippen molar-refractivity contribution in [3.63, 3.8) is 0 Å². The Morgan fingerprint density at radius 3 is 2.75 bits per heavy atom. The highest BCUT2D eigenvalue weighted by Crippen LogP contribution is 2.64. The molecule has 0 amide bonds. The number of hydrogen-bond donors (Lipinski definition) is 0. The summed E-state index contributed by atoms with van der Waals surface area (Å²) in [6.45, 7) is 12.0. The Morgan fingerprint density at radius 1 is 1.11 bits per heavy atom. The van der Waals surface area contributed by atoms with Crippen LogP contribution in [0.1, 0.15) is 97.5 Å². The van der Waals surface area contributed by atoms with E-state index in [9.17, 15) is 9.59 Å². The van der Waals surface area contributed by atoms with E-state index in [0.717, 1.165) is 64.0 Å². The second-order valence-corrected chi connectivity index (χ2v) is 15.7. The van der Waals surface area contributed by atoms with Crippen molar-refractivity contribution in [1.82, 2.24) is 4.90 Å². The summed E-state index contributed by atoms with van der Waals surface area (Å²) in [7, 11) is 0. The van der Waals surface area contributed by atoms with E-state index in [-0.39, 0.29) is 23.1 Å². The molecule has 1 aromatic rings. The lowest BCUT2D eigenvalue weighted by Gasteiger charge is -2.48. The fourth-order valence-electron chi connectivity index (χ4n) is 11.0. The number of fused-ring (bicyclic) bond motifs is 6. The van der Waals surface area contributed by atoms with E-state index in [1.807, 2.05) is 24.3 Å².